The maximum absolute atomic E-state index is 12.3. The van der Waals surface area contributed by atoms with E-state index in [2.05, 4.69) is 0 Å². The number of hydrogen-bond acceptors (Lipinski definition) is 4. The van der Waals surface area contributed by atoms with E-state index in [0.29, 0.717) is 19.0 Å². The van der Waals surface area contributed by atoms with Crippen molar-refractivity contribution in [1.82, 2.24) is 4.90 Å². The topological polar surface area (TPSA) is 70.0 Å². The zero-order valence-electron chi connectivity index (χ0n) is 11.0. The summed E-state index contributed by atoms with van der Waals surface area (Å²) >= 11 is 0. The van der Waals surface area contributed by atoms with Crippen LogP contribution in [0.15, 0.2) is 18.2 Å². The van der Waals surface area contributed by atoms with Crippen LogP contribution < -0.4 is 0 Å². The molecule has 0 unspecified atom stereocenters. The van der Waals surface area contributed by atoms with E-state index in [-0.39, 0.29) is 23.0 Å². The second kappa shape index (κ2) is 5.93. The van der Waals surface area contributed by atoms with Gasteiger partial charge < -0.3 is 19.8 Å². The van der Waals surface area contributed by atoms with E-state index in [1.807, 2.05) is 0 Å². The third kappa shape index (κ3) is 3.17. The fraction of sp³-hybridized carbons (Fsp3) is 0.500. The summed E-state index contributed by atoms with van der Waals surface area (Å²) in [4.78, 5) is 14.0. The molecule has 2 rings (SSSR count). The van der Waals surface area contributed by atoms with E-state index < -0.39 is 0 Å². The molecule has 1 aliphatic rings. The summed E-state index contributed by atoms with van der Waals surface area (Å²) in [6.45, 7) is 2.03. The van der Waals surface area contributed by atoms with Crippen LogP contribution in [-0.2, 0) is 4.74 Å². The average molecular weight is 265 g/mol. The molecule has 19 heavy (non-hydrogen) atoms. The molecule has 1 amide bonds. The maximum atomic E-state index is 12.3. The molecule has 1 heterocycles. The van der Waals surface area contributed by atoms with Crippen LogP contribution in [-0.4, -0.2) is 47.8 Å². The maximum Gasteiger partial charge on any atom is 0.257 e. The molecule has 5 nitrogen and oxygen atoms in total. The normalized spacial score (nSPS) is 16.6. The molecule has 1 fully saturated rings. The number of carbonyl (C=O) groups is 1. The zero-order valence-corrected chi connectivity index (χ0v) is 11.0. The quantitative estimate of drug-likeness (QED) is 0.814. The van der Waals surface area contributed by atoms with Crippen LogP contribution in [0.4, 0.5) is 0 Å². The molecule has 2 N–H and O–H groups in total. The molecule has 1 saturated heterocycles. The van der Waals surface area contributed by atoms with Crippen molar-refractivity contribution in [2.24, 2.45) is 5.92 Å². The van der Waals surface area contributed by atoms with E-state index in [1.165, 1.54) is 18.2 Å². The molecule has 0 aliphatic carbocycles. The minimum atomic E-state index is -0.232. The molecule has 0 bridgehead atoms. The lowest BCUT2D eigenvalue weighted by molar-refractivity contribution is 0.0610. The standard InChI is InChI=1S/C14H19NO4/c1-19-9-10-4-6-15(7-5-10)14(18)12-8-11(16)2-3-13(12)17/h2-3,8,10,16-17H,4-7,9H2,1H3. The molecule has 1 aliphatic heterocycles. The Kier molecular flexibility index (Phi) is 4.27. The second-order valence-electron chi connectivity index (χ2n) is 4.89. The van der Waals surface area contributed by atoms with Gasteiger partial charge in [-0.1, -0.05) is 0 Å². The number of aromatic hydroxyl groups is 2. The number of benzene rings is 1. The van der Waals surface area contributed by atoms with Gasteiger partial charge in [0, 0.05) is 26.8 Å². The molecule has 5 heteroatoms. The number of piperidine rings is 1. The van der Waals surface area contributed by atoms with Gasteiger partial charge >= 0.3 is 0 Å². The molecule has 0 atom stereocenters. The van der Waals surface area contributed by atoms with Crippen molar-refractivity contribution in [1.29, 1.82) is 0 Å². The van der Waals surface area contributed by atoms with Crippen molar-refractivity contribution < 1.29 is 19.7 Å². The van der Waals surface area contributed by atoms with E-state index in [9.17, 15) is 15.0 Å². The van der Waals surface area contributed by atoms with Crippen LogP contribution in [0.3, 0.4) is 0 Å². The summed E-state index contributed by atoms with van der Waals surface area (Å²) in [5.74, 6) is 0.147. The van der Waals surface area contributed by atoms with Gasteiger partial charge in [-0.2, -0.15) is 0 Å². The first-order chi connectivity index (χ1) is 9.11. The summed E-state index contributed by atoms with van der Waals surface area (Å²) < 4.78 is 5.12. The fourth-order valence-corrected chi connectivity index (χ4v) is 2.40. The first kappa shape index (κ1) is 13.7. The Morgan fingerprint density at radius 3 is 2.68 bits per heavy atom. The predicted octanol–water partition coefficient (Wildman–Crippen LogP) is 1.60. The summed E-state index contributed by atoms with van der Waals surface area (Å²) in [7, 11) is 1.68. The molecule has 0 aromatic heterocycles. The summed E-state index contributed by atoms with van der Waals surface area (Å²) in [5, 5.41) is 19.1. The van der Waals surface area contributed by atoms with Gasteiger partial charge in [0.1, 0.15) is 11.5 Å². The lowest BCUT2D eigenvalue weighted by Gasteiger charge is -2.31. The number of carbonyl (C=O) groups excluding carboxylic acids is 1. The Morgan fingerprint density at radius 1 is 1.37 bits per heavy atom. The number of phenolic OH excluding ortho intramolecular Hbond substituents is 2. The summed E-state index contributed by atoms with van der Waals surface area (Å²) in [5.41, 5.74) is 0.158. The van der Waals surface area contributed by atoms with E-state index in [0.717, 1.165) is 19.4 Å². The first-order valence-corrected chi connectivity index (χ1v) is 6.42. The molecule has 0 radical (unpaired) electrons. The molecule has 0 saturated carbocycles. The second-order valence-corrected chi connectivity index (χ2v) is 4.89. The molecule has 0 spiro atoms. The Labute approximate surface area is 112 Å². The van der Waals surface area contributed by atoms with Crippen molar-refractivity contribution in [2.45, 2.75) is 12.8 Å². The third-order valence-electron chi connectivity index (χ3n) is 3.51. The fourth-order valence-electron chi connectivity index (χ4n) is 2.40. The number of nitrogens with zero attached hydrogens (tertiary/aromatic N) is 1. The SMILES string of the molecule is COCC1CCN(C(=O)c2cc(O)ccc2O)CC1. The zero-order chi connectivity index (χ0) is 13.8. The highest BCUT2D eigenvalue weighted by atomic mass is 16.5. The molecule has 1 aromatic carbocycles. The van der Waals surface area contributed by atoms with E-state index in [4.69, 9.17) is 4.74 Å². The van der Waals surface area contributed by atoms with Gasteiger partial charge in [-0.15, -0.1) is 0 Å². The monoisotopic (exact) mass is 265 g/mol. The largest absolute Gasteiger partial charge is 0.508 e. The van der Waals surface area contributed by atoms with E-state index in [1.54, 1.807) is 12.0 Å². The van der Waals surface area contributed by atoms with Crippen molar-refractivity contribution in [3.8, 4) is 11.5 Å². The molecule has 104 valence electrons. The van der Waals surface area contributed by atoms with Crippen LogP contribution in [0, 0.1) is 5.92 Å². The average Bonchev–Trinajstić information content (AvgIpc) is 2.42. The van der Waals surface area contributed by atoms with Crippen LogP contribution in [0.5, 0.6) is 11.5 Å². The molecular weight excluding hydrogens is 246 g/mol. The molecular formula is C14H19NO4. The van der Waals surface area contributed by atoms with Crippen molar-refractivity contribution in [3.63, 3.8) is 0 Å². The van der Waals surface area contributed by atoms with Gasteiger partial charge in [0.05, 0.1) is 5.56 Å². The molecule has 1 aromatic rings. The third-order valence-corrected chi connectivity index (χ3v) is 3.51. The number of likely N-dealkylation sites (tertiary alicyclic amines) is 1. The Bertz CT molecular complexity index is 453. The van der Waals surface area contributed by atoms with Crippen molar-refractivity contribution >= 4 is 5.91 Å². The lowest BCUT2D eigenvalue weighted by Crippen LogP contribution is -2.39. The van der Waals surface area contributed by atoms with Crippen molar-refractivity contribution in [2.75, 3.05) is 26.8 Å². The number of ether oxygens (including phenoxy) is 1. The number of hydrogen-bond donors (Lipinski definition) is 2. The van der Waals surface area contributed by atoms with Crippen LogP contribution in [0.1, 0.15) is 23.2 Å². The van der Waals surface area contributed by atoms with Gasteiger partial charge in [-0.05, 0) is 37.0 Å². The van der Waals surface area contributed by atoms with Gasteiger partial charge in [0.2, 0.25) is 0 Å². The van der Waals surface area contributed by atoms with Crippen LogP contribution in [0.25, 0.3) is 0 Å². The highest BCUT2D eigenvalue weighted by molar-refractivity contribution is 5.97. The van der Waals surface area contributed by atoms with Gasteiger partial charge in [-0.3, -0.25) is 4.79 Å². The minimum Gasteiger partial charge on any atom is -0.508 e. The van der Waals surface area contributed by atoms with Crippen molar-refractivity contribution in [3.05, 3.63) is 23.8 Å². The number of methoxy groups -OCH3 is 1. The summed E-state index contributed by atoms with van der Waals surface area (Å²) in [6.07, 6.45) is 1.80. The minimum absolute atomic E-state index is 0.0181. The Hall–Kier alpha value is -1.75. The smallest absolute Gasteiger partial charge is 0.257 e. The van der Waals surface area contributed by atoms with Gasteiger partial charge in [0.25, 0.3) is 5.91 Å². The Morgan fingerprint density at radius 2 is 2.05 bits per heavy atom. The number of rotatable bonds is 3. The number of phenols is 2. The lowest BCUT2D eigenvalue weighted by atomic mass is 9.97. The predicted molar refractivity (Wildman–Crippen MR) is 70.3 cm³/mol. The number of amides is 1. The van der Waals surface area contributed by atoms with Gasteiger partial charge in [-0.25, -0.2) is 0 Å². The highest BCUT2D eigenvalue weighted by Crippen LogP contribution is 2.26. The first-order valence-electron chi connectivity index (χ1n) is 6.42. The highest BCUT2D eigenvalue weighted by Gasteiger charge is 2.25. The summed E-state index contributed by atoms with van der Waals surface area (Å²) in [6, 6.07) is 4.00. The van der Waals surface area contributed by atoms with E-state index >= 15 is 0 Å². The van der Waals surface area contributed by atoms with Crippen LogP contribution >= 0.6 is 0 Å². The van der Waals surface area contributed by atoms with Crippen LogP contribution in [0.2, 0.25) is 0 Å². The Balaban J connectivity index is 2.03. The van der Waals surface area contributed by atoms with Gasteiger partial charge in [0.15, 0.2) is 0 Å².